The molecule has 0 heterocycles. The maximum Gasteiger partial charge on any atom is 0.230 e. The van der Waals surface area contributed by atoms with E-state index in [-0.39, 0.29) is 11.9 Å². The van der Waals surface area contributed by atoms with E-state index < -0.39 is 0 Å². The molecular weight excluding hydrogens is 340 g/mol. The molecule has 4 heteroatoms. The van der Waals surface area contributed by atoms with E-state index in [0.717, 1.165) is 23.3 Å². The average Bonchev–Trinajstić information content (AvgIpc) is 2.61. The van der Waals surface area contributed by atoms with Crippen LogP contribution >= 0.6 is 11.8 Å². The highest BCUT2D eigenvalue weighted by Gasteiger charge is 2.53. The van der Waals surface area contributed by atoms with Crippen molar-refractivity contribution in [1.29, 1.82) is 5.26 Å². The molecule has 0 aliphatic heterocycles. The van der Waals surface area contributed by atoms with Gasteiger partial charge in [0.1, 0.15) is 0 Å². The molecule has 1 N–H and O–H groups in total. The zero-order valence-corrected chi connectivity index (χ0v) is 16.4. The summed E-state index contributed by atoms with van der Waals surface area (Å²) in [6.45, 7) is 2.24. The molecule has 138 valence electrons. The summed E-state index contributed by atoms with van der Waals surface area (Å²) < 4.78 is 0. The molecule has 4 aliphatic rings. The summed E-state index contributed by atoms with van der Waals surface area (Å²) in [5.41, 5.74) is 2.09. The third kappa shape index (κ3) is 3.51. The lowest BCUT2D eigenvalue weighted by Crippen LogP contribution is -2.56. The molecule has 0 aromatic heterocycles. The topological polar surface area (TPSA) is 52.9 Å². The van der Waals surface area contributed by atoms with Gasteiger partial charge in [0.05, 0.1) is 17.4 Å². The minimum atomic E-state index is 0.146. The molecule has 4 aliphatic carbocycles. The number of nitriles is 1. The summed E-state index contributed by atoms with van der Waals surface area (Å²) in [5, 5.41) is 12.5. The van der Waals surface area contributed by atoms with E-state index >= 15 is 0 Å². The number of thioether (sulfide) groups is 1. The number of carbonyl (C=O) groups excluding carboxylic acids is 1. The Morgan fingerprint density at radius 1 is 1.23 bits per heavy atom. The van der Waals surface area contributed by atoms with Gasteiger partial charge in [-0.1, -0.05) is 18.2 Å². The molecule has 4 fully saturated rings. The van der Waals surface area contributed by atoms with Crippen molar-refractivity contribution in [2.45, 2.75) is 57.2 Å². The van der Waals surface area contributed by atoms with Crippen LogP contribution in [0.2, 0.25) is 0 Å². The number of hydrogen-bond acceptors (Lipinski definition) is 3. The number of hydrogen-bond donors (Lipinski definition) is 1. The average molecular weight is 369 g/mol. The van der Waals surface area contributed by atoms with E-state index in [9.17, 15) is 4.79 Å². The van der Waals surface area contributed by atoms with Crippen LogP contribution in [0.25, 0.3) is 0 Å². The van der Waals surface area contributed by atoms with Crippen molar-refractivity contribution in [1.82, 2.24) is 5.32 Å². The molecule has 1 aromatic rings. The van der Waals surface area contributed by atoms with Crippen LogP contribution in [0.1, 0.15) is 56.6 Å². The molecule has 0 spiro atoms. The van der Waals surface area contributed by atoms with Crippen molar-refractivity contribution in [2.75, 3.05) is 5.75 Å². The van der Waals surface area contributed by atoms with Crippen LogP contribution < -0.4 is 5.32 Å². The first-order chi connectivity index (χ1) is 12.6. The largest absolute Gasteiger partial charge is 0.352 e. The molecule has 1 amide bonds. The van der Waals surface area contributed by atoms with E-state index in [1.54, 1.807) is 11.8 Å². The van der Waals surface area contributed by atoms with E-state index in [0.29, 0.717) is 22.5 Å². The fourth-order valence-electron chi connectivity index (χ4n) is 6.15. The predicted molar refractivity (Wildman–Crippen MR) is 106 cm³/mol. The lowest BCUT2D eigenvalue weighted by molar-refractivity contribution is -0.123. The van der Waals surface area contributed by atoms with E-state index in [2.05, 4.69) is 18.3 Å². The second-order valence-electron chi connectivity index (χ2n) is 8.83. The van der Waals surface area contributed by atoms with Crippen molar-refractivity contribution < 1.29 is 4.79 Å². The highest BCUT2D eigenvalue weighted by molar-refractivity contribution is 7.99. The second-order valence-corrected chi connectivity index (χ2v) is 9.82. The summed E-state index contributed by atoms with van der Waals surface area (Å²) in [5.74, 6) is 4.07. The zero-order chi connectivity index (χ0) is 18.1. The van der Waals surface area contributed by atoms with Gasteiger partial charge in [-0.15, -0.1) is 11.8 Å². The number of carbonyl (C=O) groups is 1. The first kappa shape index (κ1) is 17.9. The van der Waals surface area contributed by atoms with Gasteiger partial charge in [0.15, 0.2) is 0 Å². The summed E-state index contributed by atoms with van der Waals surface area (Å²) in [6, 6.07) is 10.2. The minimum absolute atomic E-state index is 0.146. The van der Waals surface area contributed by atoms with Crippen LogP contribution in [-0.2, 0) is 10.5 Å². The van der Waals surface area contributed by atoms with Gasteiger partial charge in [0, 0.05) is 11.8 Å². The minimum Gasteiger partial charge on any atom is -0.352 e. The fraction of sp³-hybridized carbons (Fsp3) is 0.636. The Labute approximate surface area is 160 Å². The van der Waals surface area contributed by atoms with Gasteiger partial charge in [-0.2, -0.15) is 5.26 Å². The van der Waals surface area contributed by atoms with Crippen LogP contribution in [-0.4, -0.2) is 17.7 Å². The molecule has 0 unspecified atom stereocenters. The number of nitrogens with zero attached hydrogens (tertiary/aromatic N) is 1. The first-order valence-corrected chi connectivity index (χ1v) is 11.1. The number of amides is 1. The molecule has 4 saturated carbocycles. The molecule has 1 atom stereocenters. The standard InChI is InChI=1S/C22H28N2OS/c1-15(22-9-16-6-17(10-22)8-18(7-16)11-22)24-21(25)14-26-13-20-5-3-2-4-19(20)12-23/h2-5,15-18H,6-11,13-14H2,1H3,(H,24,25)/t15-,16?,17?,18?,22?/m1/s1. The smallest absolute Gasteiger partial charge is 0.230 e. The Bertz CT molecular complexity index is 688. The summed E-state index contributed by atoms with van der Waals surface area (Å²) >= 11 is 1.60. The summed E-state index contributed by atoms with van der Waals surface area (Å²) in [7, 11) is 0. The SMILES string of the molecule is C[C@@H](NC(=O)CSCc1ccccc1C#N)C12CC3CC(CC(C3)C1)C2. The van der Waals surface area contributed by atoms with Crippen LogP contribution in [0.4, 0.5) is 0 Å². The van der Waals surface area contributed by atoms with Crippen molar-refractivity contribution in [3.8, 4) is 6.07 Å². The Morgan fingerprint density at radius 2 is 1.85 bits per heavy atom. The molecule has 0 radical (unpaired) electrons. The van der Waals surface area contributed by atoms with E-state index in [4.69, 9.17) is 5.26 Å². The lowest BCUT2D eigenvalue weighted by atomic mass is 9.48. The molecule has 1 aromatic carbocycles. The summed E-state index contributed by atoms with van der Waals surface area (Å²) in [4.78, 5) is 12.5. The molecule has 26 heavy (non-hydrogen) atoms. The van der Waals surface area contributed by atoms with Gasteiger partial charge in [0.25, 0.3) is 0 Å². The Hall–Kier alpha value is -1.47. The van der Waals surface area contributed by atoms with Gasteiger partial charge in [-0.05, 0) is 80.2 Å². The van der Waals surface area contributed by atoms with Crippen molar-refractivity contribution >= 4 is 17.7 Å². The van der Waals surface area contributed by atoms with E-state index in [1.807, 2.05) is 24.3 Å². The maximum atomic E-state index is 12.5. The van der Waals surface area contributed by atoms with Crippen LogP contribution in [0.5, 0.6) is 0 Å². The van der Waals surface area contributed by atoms with Crippen LogP contribution in [0, 0.1) is 34.5 Å². The van der Waals surface area contributed by atoms with Crippen molar-refractivity contribution in [3.63, 3.8) is 0 Å². The maximum absolute atomic E-state index is 12.5. The zero-order valence-electron chi connectivity index (χ0n) is 15.5. The van der Waals surface area contributed by atoms with Gasteiger partial charge in [-0.3, -0.25) is 4.79 Å². The normalized spacial score (nSPS) is 32.8. The third-order valence-corrected chi connectivity index (χ3v) is 7.99. The summed E-state index contributed by atoms with van der Waals surface area (Å²) in [6.07, 6.45) is 8.28. The van der Waals surface area contributed by atoms with Crippen LogP contribution in [0.3, 0.4) is 0 Å². The number of benzene rings is 1. The van der Waals surface area contributed by atoms with Gasteiger partial charge in [-0.25, -0.2) is 0 Å². The van der Waals surface area contributed by atoms with Gasteiger partial charge < -0.3 is 5.32 Å². The molecule has 3 nitrogen and oxygen atoms in total. The third-order valence-electron chi connectivity index (χ3n) is 7.01. The number of nitrogens with one attached hydrogen (secondary N) is 1. The van der Waals surface area contributed by atoms with Gasteiger partial charge >= 0.3 is 0 Å². The number of rotatable bonds is 6. The van der Waals surface area contributed by atoms with Crippen molar-refractivity contribution in [2.24, 2.45) is 23.2 Å². The fourth-order valence-corrected chi connectivity index (χ4v) is 7.00. The predicted octanol–water partition coefficient (Wildman–Crippen LogP) is 4.51. The lowest BCUT2D eigenvalue weighted by Gasteiger charge is -2.59. The highest BCUT2D eigenvalue weighted by Crippen LogP contribution is 2.61. The van der Waals surface area contributed by atoms with Gasteiger partial charge in [0.2, 0.25) is 5.91 Å². The molecule has 4 bridgehead atoms. The quantitative estimate of drug-likeness (QED) is 0.803. The molecule has 0 saturated heterocycles. The Morgan fingerprint density at radius 3 is 2.46 bits per heavy atom. The highest BCUT2D eigenvalue weighted by atomic mass is 32.2. The van der Waals surface area contributed by atoms with Crippen LogP contribution in [0.15, 0.2) is 24.3 Å². The Balaban J connectivity index is 1.29. The monoisotopic (exact) mass is 368 g/mol. The van der Waals surface area contributed by atoms with E-state index in [1.165, 1.54) is 38.5 Å². The molecule has 5 rings (SSSR count). The first-order valence-electron chi connectivity index (χ1n) is 9.93. The Kier molecular flexibility index (Phi) is 5.01. The second kappa shape index (κ2) is 7.27. The van der Waals surface area contributed by atoms with Crippen molar-refractivity contribution in [3.05, 3.63) is 35.4 Å². The molecular formula is C22H28N2OS.